The largest absolute Gasteiger partial charge is 0.493 e. The Balaban J connectivity index is 2.36. The molecular weight excluding hydrogens is 219 g/mol. The number of halogens is 1. The maximum atomic E-state index is 13.5. The molecule has 96 valence electrons. The van der Waals surface area contributed by atoms with E-state index in [-0.39, 0.29) is 11.6 Å². The Morgan fingerprint density at radius 1 is 1.06 bits per heavy atom. The van der Waals surface area contributed by atoms with Crippen LogP contribution in [0, 0.1) is 5.82 Å². The number of rotatable bonds is 8. The smallest absolute Gasteiger partial charge is 0.168 e. The lowest BCUT2D eigenvalue weighted by Crippen LogP contribution is -1.99. The Labute approximate surface area is 103 Å². The van der Waals surface area contributed by atoms with E-state index in [0.29, 0.717) is 19.0 Å². The van der Waals surface area contributed by atoms with Gasteiger partial charge in [-0.15, -0.1) is 0 Å². The zero-order chi connectivity index (χ0) is 12.5. The van der Waals surface area contributed by atoms with Crippen LogP contribution in [0.2, 0.25) is 0 Å². The third-order valence-electron chi connectivity index (χ3n) is 2.47. The molecule has 1 aromatic rings. The Bertz CT molecular complexity index is 326. The molecule has 0 aliphatic heterocycles. The van der Waals surface area contributed by atoms with Crippen molar-refractivity contribution in [1.29, 1.82) is 0 Å². The van der Waals surface area contributed by atoms with Gasteiger partial charge in [0.15, 0.2) is 11.6 Å². The summed E-state index contributed by atoms with van der Waals surface area (Å²) in [6.45, 7) is 5.11. The average Bonchev–Trinajstić information content (AvgIpc) is 2.32. The Kier molecular flexibility index (Phi) is 6.45. The summed E-state index contributed by atoms with van der Waals surface area (Å²) in [4.78, 5) is 0. The van der Waals surface area contributed by atoms with E-state index < -0.39 is 0 Å². The van der Waals surface area contributed by atoms with Crippen LogP contribution in [0.3, 0.4) is 0 Å². The molecule has 0 N–H and O–H groups in total. The van der Waals surface area contributed by atoms with Crippen LogP contribution in [0.1, 0.15) is 39.5 Å². The first-order valence-electron chi connectivity index (χ1n) is 6.33. The predicted octanol–water partition coefficient (Wildman–Crippen LogP) is 4.18. The highest BCUT2D eigenvalue weighted by molar-refractivity contribution is 5.33. The molecule has 0 saturated heterocycles. The summed E-state index contributed by atoms with van der Waals surface area (Å²) in [5.74, 6) is 0.492. The summed E-state index contributed by atoms with van der Waals surface area (Å²) >= 11 is 0. The van der Waals surface area contributed by atoms with Gasteiger partial charge in [-0.05, 0) is 25.5 Å². The van der Waals surface area contributed by atoms with Gasteiger partial charge in [0.25, 0.3) is 0 Å². The summed E-state index contributed by atoms with van der Waals surface area (Å²) in [6.07, 6.45) is 4.61. The monoisotopic (exact) mass is 240 g/mol. The first-order chi connectivity index (χ1) is 8.27. The van der Waals surface area contributed by atoms with Crippen molar-refractivity contribution in [1.82, 2.24) is 0 Å². The topological polar surface area (TPSA) is 18.5 Å². The summed E-state index contributed by atoms with van der Waals surface area (Å²) < 4.78 is 24.1. The third kappa shape index (κ3) is 5.07. The van der Waals surface area contributed by atoms with Crippen LogP contribution in [0.15, 0.2) is 18.2 Å². The fourth-order valence-corrected chi connectivity index (χ4v) is 1.56. The fraction of sp³-hybridized carbons (Fsp3) is 0.571. The maximum absolute atomic E-state index is 13.5. The lowest BCUT2D eigenvalue weighted by Gasteiger charge is -2.08. The highest BCUT2D eigenvalue weighted by Crippen LogP contribution is 2.22. The van der Waals surface area contributed by atoms with E-state index in [4.69, 9.17) is 9.47 Å². The highest BCUT2D eigenvalue weighted by Gasteiger charge is 2.04. The van der Waals surface area contributed by atoms with Gasteiger partial charge >= 0.3 is 0 Å². The minimum atomic E-state index is -0.363. The minimum absolute atomic E-state index is 0.283. The van der Waals surface area contributed by atoms with Crippen molar-refractivity contribution < 1.29 is 13.9 Å². The Morgan fingerprint density at radius 3 is 2.53 bits per heavy atom. The number of ether oxygens (including phenoxy) is 2. The molecule has 0 aliphatic rings. The molecule has 0 fully saturated rings. The maximum Gasteiger partial charge on any atom is 0.168 e. The molecule has 1 aromatic carbocycles. The van der Waals surface area contributed by atoms with Gasteiger partial charge in [-0.25, -0.2) is 4.39 Å². The second-order valence-corrected chi connectivity index (χ2v) is 3.93. The van der Waals surface area contributed by atoms with E-state index >= 15 is 0 Å². The zero-order valence-electron chi connectivity index (χ0n) is 10.7. The van der Waals surface area contributed by atoms with Crippen molar-refractivity contribution in [3.8, 4) is 11.5 Å². The van der Waals surface area contributed by atoms with Crippen molar-refractivity contribution in [2.75, 3.05) is 13.2 Å². The summed E-state index contributed by atoms with van der Waals surface area (Å²) in [6, 6.07) is 4.74. The molecule has 3 heteroatoms. The normalized spacial score (nSPS) is 10.3. The molecule has 2 nitrogen and oxygen atoms in total. The lowest BCUT2D eigenvalue weighted by atomic mass is 10.2. The number of unbranched alkanes of at least 4 members (excludes halogenated alkanes) is 3. The van der Waals surface area contributed by atoms with Gasteiger partial charge < -0.3 is 9.47 Å². The third-order valence-corrected chi connectivity index (χ3v) is 2.47. The Morgan fingerprint density at radius 2 is 1.88 bits per heavy atom. The van der Waals surface area contributed by atoms with E-state index in [1.807, 2.05) is 6.92 Å². The van der Waals surface area contributed by atoms with Crippen molar-refractivity contribution in [2.24, 2.45) is 0 Å². The second kappa shape index (κ2) is 7.93. The van der Waals surface area contributed by atoms with Crippen LogP contribution in [-0.4, -0.2) is 13.2 Å². The Hall–Kier alpha value is -1.25. The van der Waals surface area contributed by atoms with Crippen LogP contribution in [0.4, 0.5) is 4.39 Å². The van der Waals surface area contributed by atoms with E-state index in [0.717, 1.165) is 12.8 Å². The fourth-order valence-electron chi connectivity index (χ4n) is 1.56. The van der Waals surface area contributed by atoms with Gasteiger partial charge in [-0.2, -0.15) is 0 Å². The molecule has 0 unspecified atom stereocenters. The van der Waals surface area contributed by atoms with Crippen molar-refractivity contribution >= 4 is 0 Å². The van der Waals surface area contributed by atoms with Crippen molar-refractivity contribution in [3.63, 3.8) is 0 Å². The molecule has 1 rings (SSSR count). The van der Waals surface area contributed by atoms with Crippen LogP contribution in [0.25, 0.3) is 0 Å². The molecule has 0 radical (unpaired) electrons. The highest BCUT2D eigenvalue weighted by atomic mass is 19.1. The van der Waals surface area contributed by atoms with Crippen LogP contribution >= 0.6 is 0 Å². The van der Waals surface area contributed by atoms with Crippen LogP contribution in [-0.2, 0) is 0 Å². The van der Waals surface area contributed by atoms with E-state index in [9.17, 15) is 4.39 Å². The lowest BCUT2D eigenvalue weighted by molar-refractivity contribution is 0.297. The van der Waals surface area contributed by atoms with Crippen LogP contribution < -0.4 is 9.47 Å². The van der Waals surface area contributed by atoms with Crippen molar-refractivity contribution in [2.45, 2.75) is 39.5 Å². The number of hydrogen-bond acceptors (Lipinski definition) is 2. The van der Waals surface area contributed by atoms with E-state index in [2.05, 4.69) is 6.92 Å². The first kappa shape index (κ1) is 13.8. The van der Waals surface area contributed by atoms with Crippen molar-refractivity contribution in [3.05, 3.63) is 24.0 Å². The summed E-state index contributed by atoms with van der Waals surface area (Å²) in [5.41, 5.74) is 0. The minimum Gasteiger partial charge on any atom is -0.493 e. The number of hydrogen-bond donors (Lipinski definition) is 0. The molecule has 0 spiro atoms. The standard InChI is InChI=1S/C14H21FO2/c1-3-5-6-7-10-17-12-8-9-14(16-4-2)13(15)11-12/h8-9,11H,3-7,10H2,1-2H3. The van der Waals surface area contributed by atoms with E-state index in [1.54, 1.807) is 12.1 Å². The molecule has 17 heavy (non-hydrogen) atoms. The quantitative estimate of drug-likeness (QED) is 0.634. The average molecular weight is 240 g/mol. The molecule has 0 bridgehead atoms. The predicted molar refractivity (Wildman–Crippen MR) is 67.2 cm³/mol. The zero-order valence-corrected chi connectivity index (χ0v) is 10.7. The van der Waals surface area contributed by atoms with Gasteiger partial charge in [0.05, 0.1) is 13.2 Å². The first-order valence-corrected chi connectivity index (χ1v) is 6.33. The number of benzene rings is 1. The van der Waals surface area contributed by atoms with Gasteiger partial charge in [-0.1, -0.05) is 26.2 Å². The molecule has 0 atom stereocenters. The summed E-state index contributed by atoms with van der Waals surface area (Å²) in [7, 11) is 0. The van der Waals surface area contributed by atoms with Gasteiger partial charge in [0.2, 0.25) is 0 Å². The molecular formula is C14H21FO2. The molecule has 0 heterocycles. The molecule has 0 saturated carbocycles. The van der Waals surface area contributed by atoms with Crippen LogP contribution in [0.5, 0.6) is 11.5 Å². The van der Waals surface area contributed by atoms with Gasteiger partial charge in [0.1, 0.15) is 5.75 Å². The van der Waals surface area contributed by atoms with E-state index in [1.165, 1.54) is 18.9 Å². The van der Waals surface area contributed by atoms with Gasteiger partial charge in [0, 0.05) is 6.07 Å². The summed E-state index contributed by atoms with van der Waals surface area (Å²) in [5, 5.41) is 0. The second-order valence-electron chi connectivity index (χ2n) is 3.93. The van der Waals surface area contributed by atoms with Gasteiger partial charge in [-0.3, -0.25) is 0 Å². The SMILES string of the molecule is CCCCCCOc1ccc(OCC)c(F)c1. The molecule has 0 amide bonds. The molecule has 0 aromatic heterocycles. The molecule has 0 aliphatic carbocycles.